The van der Waals surface area contributed by atoms with Crippen LogP contribution in [0.25, 0.3) is 0 Å². The van der Waals surface area contributed by atoms with E-state index in [1.165, 1.54) is 7.11 Å². The molecule has 0 saturated heterocycles. The van der Waals surface area contributed by atoms with Crippen LogP contribution in [-0.2, 0) is 4.79 Å². The summed E-state index contributed by atoms with van der Waals surface area (Å²) in [5.74, 6) is 0.610. The quantitative estimate of drug-likeness (QED) is 0.725. The lowest BCUT2D eigenvalue weighted by atomic mass is 9.73. The van der Waals surface area contributed by atoms with Crippen LogP contribution in [0.1, 0.15) is 38.3 Å². The van der Waals surface area contributed by atoms with E-state index in [4.69, 9.17) is 4.74 Å². The number of benzene rings is 2. The van der Waals surface area contributed by atoms with Crippen molar-refractivity contribution in [2.24, 2.45) is 5.41 Å². The number of aromatic hydroxyl groups is 1. The number of nitrogens with one attached hydrogen (secondary N) is 2. The second-order valence-electron chi connectivity index (χ2n) is 8.01. The summed E-state index contributed by atoms with van der Waals surface area (Å²) in [6, 6.07) is 12.9. The molecule has 0 fully saturated rings. The number of phenolic OH excluding ortho intramolecular Hbond substituents is 1. The number of methoxy groups -OCH3 is 1. The molecule has 1 heterocycles. The zero-order chi connectivity index (χ0) is 19.2. The number of carbonyl (C=O) groups excluding carboxylic acids is 1. The third-order valence-corrected chi connectivity index (χ3v) is 5.26. The molecule has 2 aromatic carbocycles. The molecule has 27 heavy (non-hydrogen) atoms. The van der Waals surface area contributed by atoms with Crippen molar-refractivity contribution in [3.63, 3.8) is 0 Å². The molecule has 0 radical (unpaired) electrons. The molecule has 1 atom stereocenters. The number of hydrogen-bond acceptors (Lipinski definition) is 5. The van der Waals surface area contributed by atoms with E-state index in [2.05, 4.69) is 24.5 Å². The molecule has 0 amide bonds. The summed E-state index contributed by atoms with van der Waals surface area (Å²) in [5.41, 5.74) is 4.32. The number of ether oxygens (including phenoxy) is 1. The normalized spacial score (nSPS) is 20.7. The second-order valence-corrected chi connectivity index (χ2v) is 8.01. The average Bonchev–Trinajstić information content (AvgIpc) is 2.77. The summed E-state index contributed by atoms with van der Waals surface area (Å²) in [5, 5.41) is 17.3. The Morgan fingerprint density at radius 2 is 1.85 bits per heavy atom. The molecule has 2 aromatic rings. The van der Waals surface area contributed by atoms with Crippen LogP contribution in [0.2, 0.25) is 0 Å². The predicted molar refractivity (Wildman–Crippen MR) is 106 cm³/mol. The van der Waals surface area contributed by atoms with Crippen molar-refractivity contribution < 1.29 is 14.6 Å². The van der Waals surface area contributed by atoms with Gasteiger partial charge in [-0.25, -0.2) is 0 Å². The molecule has 2 aliphatic rings. The van der Waals surface area contributed by atoms with E-state index in [9.17, 15) is 9.90 Å². The molecule has 0 bridgehead atoms. The van der Waals surface area contributed by atoms with Gasteiger partial charge in [0.05, 0.1) is 24.5 Å². The summed E-state index contributed by atoms with van der Waals surface area (Å²) in [4.78, 5) is 13.1. The lowest BCUT2D eigenvalue weighted by Gasteiger charge is -2.34. The van der Waals surface area contributed by atoms with E-state index >= 15 is 0 Å². The topological polar surface area (TPSA) is 70.6 Å². The van der Waals surface area contributed by atoms with Gasteiger partial charge in [-0.3, -0.25) is 4.79 Å². The first kappa shape index (κ1) is 17.5. The van der Waals surface area contributed by atoms with Crippen LogP contribution in [-0.4, -0.2) is 18.0 Å². The van der Waals surface area contributed by atoms with E-state index in [0.717, 1.165) is 34.6 Å². The van der Waals surface area contributed by atoms with Crippen molar-refractivity contribution in [3.05, 3.63) is 59.3 Å². The molecule has 0 saturated carbocycles. The Hall–Kier alpha value is -2.95. The molecular weight excluding hydrogens is 340 g/mol. The minimum atomic E-state index is -0.337. The number of Topliss-reactive ketones (excluding diaryl/α,β-unsaturated/α-hetero) is 1. The molecule has 4 rings (SSSR count). The standard InChI is InChI=1S/C22H24N2O3/c1-22(2)11-16-20(18(26)12-22)21(13-8-9-19(27-3)17(25)10-13)24-15-7-5-4-6-14(15)23-16/h4-10,21,23-25H,11-12H2,1-3H3/t21-/m1/s1. The number of fused-ring (bicyclic) bond motifs is 1. The largest absolute Gasteiger partial charge is 0.504 e. The number of ketones is 1. The minimum absolute atomic E-state index is 0.0630. The van der Waals surface area contributed by atoms with Crippen molar-refractivity contribution in [2.75, 3.05) is 17.7 Å². The maximum absolute atomic E-state index is 13.1. The highest BCUT2D eigenvalue weighted by Gasteiger charge is 2.38. The first-order valence-electron chi connectivity index (χ1n) is 9.14. The van der Waals surface area contributed by atoms with Gasteiger partial charge < -0.3 is 20.5 Å². The monoisotopic (exact) mass is 364 g/mol. The average molecular weight is 364 g/mol. The first-order valence-corrected chi connectivity index (χ1v) is 9.14. The molecule has 5 heteroatoms. The molecule has 140 valence electrons. The first-order chi connectivity index (χ1) is 12.9. The molecular formula is C22H24N2O3. The van der Waals surface area contributed by atoms with Crippen molar-refractivity contribution in [1.82, 2.24) is 0 Å². The van der Waals surface area contributed by atoms with Crippen molar-refractivity contribution in [1.29, 1.82) is 0 Å². The summed E-state index contributed by atoms with van der Waals surface area (Å²) < 4.78 is 5.16. The summed E-state index contributed by atoms with van der Waals surface area (Å²) in [7, 11) is 1.52. The fraction of sp³-hybridized carbons (Fsp3) is 0.318. The maximum atomic E-state index is 13.1. The number of phenols is 1. The fourth-order valence-corrected chi connectivity index (χ4v) is 4.03. The SMILES string of the molecule is COc1ccc([C@H]2Nc3ccccc3NC3=C2C(=O)CC(C)(C)C3)cc1O. The van der Waals surface area contributed by atoms with Gasteiger partial charge in [0, 0.05) is 17.7 Å². The van der Waals surface area contributed by atoms with Crippen LogP contribution in [0, 0.1) is 5.41 Å². The molecule has 1 aliphatic heterocycles. The Morgan fingerprint density at radius 3 is 2.56 bits per heavy atom. The number of hydrogen-bond donors (Lipinski definition) is 3. The van der Waals surface area contributed by atoms with Gasteiger partial charge in [0.1, 0.15) is 0 Å². The second kappa shape index (κ2) is 6.34. The van der Waals surface area contributed by atoms with Crippen molar-refractivity contribution in [2.45, 2.75) is 32.7 Å². The van der Waals surface area contributed by atoms with Crippen LogP contribution in [0.4, 0.5) is 11.4 Å². The number of allylic oxidation sites excluding steroid dienone is 1. The van der Waals surface area contributed by atoms with Gasteiger partial charge in [-0.15, -0.1) is 0 Å². The van der Waals surface area contributed by atoms with Gasteiger partial charge in [-0.1, -0.05) is 32.0 Å². The lowest BCUT2D eigenvalue weighted by molar-refractivity contribution is -0.118. The molecule has 3 N–H and O–H groups in total. The maximum Gasteiger partial charge on any atom is 0.163 e. The Balaban J connectivity index is 1.87. The Labute approximate surface area is 159 Å². The van der Waals surface area contributed by atoms with Crippen molar-refractivity contribution >= 4 is 17.2 Å². The summed E-state index contributed by atoms with van der Waals surface area (Å²) >= 11 is 0. The van der Waals surface area contributed by atoms with Crippen LogP contribution in [0.5, 0.6) is 11.5 Å². The van der Waals surface area contributed by atoms with Gasteiger partial charge in [0.25, 0.3) is 0 Å². The molecule has 5 nitrogen and oxygen atoms in total. The van der Waals surface area contributed by atoms with Crippen molar-refractivity contribution in [3.8, 4) is 11.5 Å². The van der Waals surface area contributed by atoms with Crippen LogP contribution < -0.4 is 15.4 Å². The third-order valence-electron chi connectivity index (χ3n) is 5.26. The summed E-state index contributed by atoms with van der Waals surface area (Å²) in [6.07, 6.45) is 1.30. The highest BCUT2D eigenvalue weighted by Crippen LogP contribution is 2.46. The smallest absolute Gasteiger partial charge is 0.163 e. The van der Waals surface area contributed by atoms with E-state index in [1.54, 1.807) is 12.1 Å². The van der Waals surface area contributed by atoms with E-state index < -0.39 is 0 Å². The molecule has 0 aromatic heterocycles. The van der Waals surface area contributed by atoms with Gasteiger partial charge in [-0.05, 0) is 41.7 Å². The van der Waals surface area contributed by atoms with Crippen LogP contribution >= 0.6 is 0 Å². The fourth-order valence-electron chi connectivity index (χ4n) is 4.03. The number of anilines is 2. The predicted octanol–water partition coefficient (Wildman–Crippen LogP) is 4.62. The third kappa shape index (κ3) is 3.14. The van der Waals surface area contributed by atoms with E-state index in [0.29, 0.717) is 12.2 Å². The minimum Gasteiger partial charge on any atom is -0.504 e. The van der Waals surface area contributed by atoms with E-state index in [-0.39, 0.29) is 23.0 Å². The molecule has 0 spiro atoms. The van der Waals surface area contributed by atoms with Crippen LogP contribution in [0.15, 0.2) is 53.7 Å². The van der Waals surface area contributed by atoms with Gasteiger partial charge >= 0.3 is 0 Å². The summed E-state index contributed by atoms with van der Waals surface area (Å²) in [6.45, 7) is 4.24. The Bertz CT molecular complexity index is 946. The zero-order valence-corrected chi connectivity index (χ0v) is 15.8. The molecule has 1 aliphatic carbocycles. The highest BCUT2D eigenvalue weighted by molar-refractivity contribution is 6.01. The van der Waals surface area contributed by atoms with E-state index in [1.807, 2.05) is 30.3 Å². The highest BCUT2D eigenvalue weighted by atomic mass is 16.5. The van der Waals surface area contributed by atoms with Gasteiger partial charge in [0.2, 0.25) is 0 Å². The number of para-hydroxylation sites is 2. The Kier molecular flexibility index (Phi) is 4.10. The van der Waals surface area contributed by atoms with Gasteiger partial charge in [0.15, 0.2) is 17.3 Å². The zero-order valence-electron chi connectivity index (χ0n) is 15.8. The van der Waals surface area contributed by atoms with Crippen LogP contribution in [0.3, 0.4) is 0 Å². The molecule has 0 unspecified atom stereocenters. The Morgan fingerprint density at radius 1 is 1.11 bits per heavy atom. The lowest BCUT2D eigenvalue weighted by Crippen LogP contribution is -2.31. The number of carbonyl (C=O) groups is 1. The number of rotatable bonds is 2. The van der Waals surface area contributed by atoms with Gasteiger partial charge in [-0.2, -0.15) is 0 Å².